The number of benzene rings is 2. The topological polar surface area (TPSA) is 98.1 Å². The van der Waals surface area contributed by atoms with E-state index in [1.54, 1.807) is 23.0 Å². The van der Waals surface area contributed by atoms with E-state index in [2.05, 4.69) is 20.9 Å². The normalized spacial score (nSPS) is 10.7. The summed E-state index contributed by atoms with van der Waals surface area (Å²) in [4.78, 5) is 23.8. The third kappa shape index (κ3) is 6.67. The Hall–Kier alpha value is -3.68. The molecule has 0 aliphatic rings. The molecule has 0 bridgehead atoms. The third-order valence-electron chi connectivity index (χ3n) is 4.52. The second-order valence-corrected chi connectivity index (χ2v) is 7.66. The van der Waals surface area contributed by atoms with Crippen molar-refractivity contribution in [2.75, 3.05) is 17.2 Å². The van der Waals surface area contributed by atoms with E-state index in [-0.39, 0.29) is 24.5 Å². The van der Waals surface area contributed by atoms with E-state index < -0.39 is 0 Å². The third-order valence-corrected chi connectivity index (χ3v) is 4.52. The fourth-order valence-electron chi connectivity index (χ4n) is 2.90. The number of nitrogens with zero attached hydrogens (tertiary/aromatic N) is 3. The van der Waals surface area contributed by atoms with Gasteiger partial charge in [0, 0.05) is 24.2 Å². The van der Waals surface area contributed by atoms with Gasteiger partial charge in [0.15, 0.2) is 0 Å². The SMILES string of the molecule is Cc1ccccc1NC(=O)Nc1ccc(-n2cc(CCOC(=O)CC(C)C)nn2)cc1. The van der Waals surface area contributed by atoms with Gasteiger partial charge in [-0.25, -0.2) is 9.48 Å². The maximum Gasteiger partial charge on any atom is 0.323 e. The first-order valence-electron chi connectivity index (χ1n) is 10.2. The molecule has 2 N–H and O–H groups in total. The Labute approximate surface area is 181 Å². The van der Waals surface area contributed by atoms with Crippen molar-refractivity contribution < 1.29 is 14.3 Å². The number of ether oxygens (including phenoxy) is 1. The first-order chi connectivity index (χ1) is 14.9. The Morgan fingerprint density at radius 3 is 2.52 bits per heavy atom. The number of aryl methyl sites for hydroxylation is 1. The summed E-state index contributed by atoms with van der Waals surface area (Å²) in [7, 11) is 0. The Balaban J connectivity index is 1.51. The number of rotatable bonds is 8. The highest BCUT2D eigenvalue weighted by molar-refractivity contribution is 6.00. The molecule has 31 heavy (non-hydrogen) atoms. The van der Waals surface area contributed by atoms with Crippen molar-refractivity contribution in [1.82, 2.24) is 15.0 Å². The minimum Gasteiger partial charge on any atom is -0.465 e. The maximum absolute atomic E-state index is 12.2. The Kier molecular flexibility index (Phi) is 7.37. The number of nitrogens with one attached hydrogen (secondary N) is 2. The van der Waals surface area contributed by atoms with Gasteiger partial charge in [0.1, 0.15) is 0 Å². The molecule has 8 nitrogen and oxygen atoms in total. The quantitative estimate of drug-likeness (QED) is 0.527. The molecule has 0 saturated carbocycles. The van der Waals surface area contributed by atoms with E-state index in [4.69, 9.17) is 4.74 Å². The van der Waals surface area contributed by atoms with Crippen LogP contribution in [-0.4, -0.2) is 33.6 Å². The molecule has 1 aromatic heterocycles. The first kappa shape index (κ1) is 22.0. The lowest BCUT2D eigenvalue weighted by molar-refractivity contribution is -0.144. The number of hydrogen-bond donors (Lipinski definition) is 2. The van der Waals surface area contributed by atoms with Crippen LogP contribution in [0.25, 0.3) is 5.69 Å². The van der Waals surface area contributed by atoms with Gasteiger partial charge in [-0.3, -0.25) is 4.79 Å². The zero-order valence-corrected chi connectivity index (χ0v) is 18.0. The van der Waals surface area contributed by atoms with Crippen LogP contribution in [-0.2, 0) is 16.0 Å². The van der Waals surface area contributed by atoms with Crippen molar-refractivity contribution in [3.05, 3.63) is 66.0 Å². The average Bonchev–Trinajstić information content (AvgIpc) is 3.18. The van der Waals surface area contributed by atoms with Gasteiger partial charge in [0.05, 0.1) is 24.2 Å². The molecule has 0 radical (unpaired) electrons. The van der Waals surface area contributed by atoms with Crippen molar-refractivity contribution in [2.24, 2.45) is 5.92 Å². The highest BCUT2D eigenvalue weighted by Crippen LogP contribution is 2.16. The predicted molar refractivity (Wildman–Crippen MR) is 119 cm³/mol. The smallest absolute Gasteiger partial charge is 0.323 e. The van der Waals surface area contributed by atoms with E-state index in [9.17, 15) is 9.59 Å². The largest absolute Gasteiger partial charge is 0.465 e. The molecule has 0 aliphatic heterocycles. The number of para-hydroxylation sites is 1. The zero-order valence-electron chi connectivity index (χ0n) is 18.0. The summed E-state index contributed by atoms with van der Waals surface area (Å²) < 4.78 is 6.85. The number of esters is 1. The lowest BCUT2D eigenvalue weighted by Gasteiger charge is -2.10. The number of hydrogen-bond acceptors (Lipinski definition) is 5. The van der Waals surface area contributed by atoms with E-state index in [0.717, 1.165) is 22.6 Å². The summed E-state index contributed by atoms with van der Waals surface area (Å²) in [6, 6.07) is 14.5. The number of carbonyl (C=O) groups is 2. The fourth-order valence-corrected chi connectivity index (χ4v) is 2.90. The van der Waals surface area contributed by atoms with E-state index in [1.807, 2.05) is 57.2 Å². The Morgan fingerprint density at radius 2 is 1.81 bits per heavy atom. The molecule has 0 fully saturated rings. The molecule has 0 aliphatic carbocycles. The Morgan fingerprint density at radius 1 is 1.06 bits per heavy atom. The van der Waals surface area contributed by atoms with E-state index >= 15 is 0 Å². The standard InChI is InChI=1S/C23H27N5O3/c1-16(2)14-22(29)31-13-12-19-15-28(27-26-19)20-10-8-18(9-11-20)24-23(30)25-21-7-5-4-6-17(21)3/h4-11,15-16H,12-14H2,1-3H3,(H2,24,25,30). The Bertz CT molecular complexity index is 1030. The summed E-state index contributed by atoms with van der Waals surface area (Å²) in [5.41, 5.74) is 3.95. The molecule has 1 heterocycles. The van der Waals surface area contributed by atoms with Gasteiger partial charge < -0.3 is 15.4 Å². The molecule has 0 spiro atoms. The summed E-state index contributed by atoms with van der Waals surface area (Å²) in [5.74, 6) is 0.0799. The van der Waals surface area contributed by atoms with Crippen LogP contribution in [0.4, 0.5) is 16.2 Å². The van der Waals surface area contributed by atoms with Crippen LogP contribution in [0.15, 0.2) is 54.7 Å². The van der Waals surface area contributed by atoms with E-state index in [1.165, 1.54) is 0 Å². The average molecular weight is 422 g/mol. The summed E-state index contributed by atoms with van der Waals surface area (Å²) in [6.45, 7) is 6.17. The predicted octanol–water partition coefficient (Wildman–Crippen LogP) is 4.35. The van der Waals surface area contributed by atoms with Crippen LogP contribution in [0.1, 0.15) is 31.5 Å². The molecule has 2 aromatic carbocycles. The van der Waals surface area contributed by atoms with Crippen molar-refractivity contribution in [3.8, 4) is 5.69 Å². The summed E-state index contributed by atoms with van der Waals surface area (Å²) in [5, 5.41) is 13.9. The minimum atomic E-state index is -0.308. The highest BCUT2D eigenvalue weighted by Gasteiger charge is 2.09. The molecule has 8 heteroatoms. The molecule has 2 amide bonds. The molecular formula is C23H27N5O3. The van der Waals surface area contributed by atoms with Crippen LogP contribution in [0.3, 0.4) is 0 Å². The van der Waals surface area contributed by atoms with Gasteiger partial charge >= 0.3 is 12.0 Å². The molecule has 0 saturated heterocycles. The fraction of sp³-hybridized carbons (Fsp3) is 0.304. The zero-order chi connectivity index (χ0) is 22.2. The molecule has 3 rings (SSSR count). The van der Waals surface area contributed by atoms with Gasteiger partial charge in [-0.15, -0.1) is 5.10 Å². The van der Waals surface area contributed by atoms with Gasteiger partial charge in [0.25, 0.3) is 0 Å². The van der Waals surface area contributed by atoms with Crippen LogP contribution < -0.4 is 10.6 Å². The molecular weight excluding hydrogens is 394 g/mol. The molecule has 0 unspecified atom stereocenters. The van der Waals surface area contributed by atoms with Gasteiger partial charge in [-0.2, -0.15) is 0 Å². The first-order valence-corrected chi connectivity index (χ1v) is 10.2. The van der Waals surface area contributed by atoms with Crippen LogP contribution in [0, 0.1) is 12.8 Å². The molecule has 3 aromatic rings. The minimum absolute atomic E-state index is 0.197. The van der Waals surface area contributed by atoms with Gasteiger partial charge in [-0.05, 0) is 48.7 Å². The van der Waals surface area contributed by atoms with Crippen LogP contribution >= 0.6 is 0 Å². The highest BCUT2D eigenvalue weighted by atomic mass is 16.5. The number of urea groups is 1. The van der Waals surface area contributed by atoms with Crippen molar-refractivity contribution in [3.63, 3.8) is 0 Å². The molecule has 162 valence electrons. The van der Waals surface area contributed by atoms with Gasteiger partial charge in [-0.1, -0.05) is 37.3 Å². The number of carbonyl (C=O) groups excluding carboxylic acids is 2. The van der Waals surface area contributed by atoms with Gasteiger partial charge in [0.2, 0.25) is 0 Å². The lowest BCUT2D eigenvalue weighted by atomic mass is 10.1. The summed E-state index contributed by atoms with van der Waals surface area (Å²) >= 11 is 0. The monoisotopic (exact) mass is 421 g/mol. The number of aromatic nitrogens is 3. The summed E-state index contributed by atoms with van der Waals surface area (Å²) in [6.07, 6.45) is 2.71. The molecule has 0 atom stereocenters. The van der Waals surface area contributed by atoms with E-state index in [0.29, 0.717) is 18.5 Å². The van der Waals surface area contributed by atoms with Crippen LogP contribution in [0.2, 0.25) is 0 Å². The lowest BCUT2D eigenvalue weighted by Crippen LogP contribution is -2.19. The number of anilines is 2. The number of amides is 2. The second kappa shape index (κ2) is 10.4. The van der Waals surface area contributed by atoms with Crippen molar-refractivity contribution in [1.29, 1.82) is 0 Å². The second-order valence-electron chi connectivity index (χ2n) is 7.66. The maximum atomic E-state index is 12.2. The van der Waals surface area contributed by atoms with Crippen molar-refractivity contribution >= 4 is 23.4 Å². The van der Waals surface area contributed by atoms with Crippen LogP contribution in [0.5, 0.6) is 0 Å². The van der Waals surface area contributed by atoms with Crippen molar-refractivity contribution in [2.45, 2.75) is 33.6 Å².